The summed E-state index contributed by atoms with van der Waals surface area (Å²) in [6.07, 6.45) is -0.0299. The van der Waals surface area contributed by atoms with Crippen molar-refractivity contribution in [3.05, 3.63) is 155 Å². The van der Waals surface area contributed by atoms with E-state index in [0.29, 0.717) is 6.61 Å². The molecule has 1 aliphatic rings. The number of ether oxygens (including phenoxy) is 1. The fraction of sp³-hybridized carbons (Fsp3) is 0.235. The van der Waals surface area contributed by atoms with E-state index in [4.69, 9.17) is 4.74 Å². The average molecular weight is 523 g/mol. The highest BCUT2D eigenvalue weighted by Gasteiger charge is 2.60. The smallest absolute Gasteiger partial charge is 0.0892 e. The maximum Gasteiger partial charge on any atom is 0.0892 e. The zero-order chi connectivity index (χ0) is 26.1. The van der Waals surface area contributed by atoms with Crippen LogP contribution in [0.4, 0.5) is 0 Å². The van der Waals surface area contributed by atoms with Gasteiger partial charge in [-0.3, -0.25) is 0 Å². The van der Waals surface area contributed by atoms with Gasteiger partial charge in [-0.25, -0.2) is 0 Å². The molecule has 4 aromatic carbocycles. The highest BCUT2D eigenvalue weighted by Crippen LogP contribution is 2.67. The second-order valence-electron chi connectivity index (χ2n) is 10.4. The van der Waals surface area contributed by atoms with Crippen LogP contribution in [0.5, 0.6) is 0 Å². The molecule has 0 saturated carbocycles. The van der Waals surface area contributed by atoms with E-state index in [-0.39, 0.29) is 11.5 Å². The minimum atomic E-state index is -0.446. The van der Waals surface area contributed by atoms with Gasteiger partial charge >= 0.3 is 0 Å². The topological polar surface area (TPSA) is 9.23 Å². The molecule has 1 aliphatic carbocycles. The van der Waals surface area contributed by atoms with Gasteiger partial charge in [0.15, 0.2) is 0 Å². The third-order valence-corrected chi connectivity index (χ3v) is 9.83. The third-order valence-electron chi connectivity index (χ3n) is 7.90. The molecule has 0 radical (unpaired) electrons. The average Bonchev–Trinajstić information content (AvgIpc) is 2.96. The van der Waals surface area contributed by atoms with E-state index in [1.807, 2.05) is 0 Å². The Morgan fingerprint density at radius 2 is 0.919 bits per heavy atom. The first-order valence-electron chi connectivity index (χ1n) is 13.0. The van der Waals surface area contributed by atoms with Crippen molar-refractivity contribution >= 4 is 18.5 Å². The van der Waals surface area contributed by atoms with Crippen molar-refractivity contribution in [3.8, 4) is 0 Å². The van der Waals surface area contributed by atoms with Crippen LogP contribution in [0, 0.1) is 5.41 Å². The number of benzene rings is 4. The van der Waals surface area contributed by atoms with Gasteiger partial charge in [-0.15, -0.1) is 18.5 Å². The van der Waals surface area contributed by atoms with Crippen LogP contribution in [-0.2, 0) is 15.0 Å². The lowest BCUT2D eigenvalue weighted by Gasteiger charge is -2.59. The first kappa shape index (κ1) is 26.1. The van der Waals surface area contributed by atoms with E-state index in [1.54, 1.807) is 0 Å². The lowest BCUT2D eigenvalue weighted by Crippen LogP contribution is -2.56. The molecule has 3 unspecified atom stereocenters. The largest absolute Gasteiger partial charge is 0.373 e. The van der Waals surface area contributed by atoms with Crippen molar-refractivity contribution in [2.75, 3.05) is 6.61 Å². The van der Waals surface area contributed by atoms with Gasteiger partial charge in [0, 0.05) is 12.0 Å². The summed E-state index contributed by atoms with van der Waals surface area (Å²) in [6, 6.07) is 43.5. The quantitative estimate of drug-likeness (QED) is 0.167. The molecule has 0 aliphatic heterocycles. The van der Waals surface area contributed by atoms with E-state index in [0.717, 1.165) is 0 Å². The molecule has 3 atom stereocenters. The van der Waals surface area contributed by atoms with Gasteiger partial charge in [0.25, 0.3) is 0 Å². The van der Waals surface area contributed by atoms with E-state index in [2.05, 4.69) is 161 Å². The Labute approximate surface area is 226 Å². The monoisotopic (exact) mass is 522 g/mol. The van der Waals surface area contributed by atoms with Crippen molar-refractivity contribution in [1.82, 2.24) is 0 Å². The van der Waals surface area contributed by atoms with Crippen LogP contribution < -0.4 is 0 Å². The summed E-state index contributed by atoms with van der Waals surface area (Å²) in [5, 5.41) is -0.862. The zero-order valence-electron chi connectivity index (χ0n) is 21.9. The Hall–Kier alpha value is -2.56. The number of hydrogen-bond donors (Lipinski definition) is 0. The molecule has 4 aromatic rings. The summed E-state index contributed by atoms with van der Waals surface area (Å²) in [6.45, 7) is 7.45. The Balaban J connectivity index is 1.91. The van der Waals surface area contributed by atoms with Gasteiger partial charge in [-0.1, -0.05) is 135 Å². The second kappa shape index (κ2) is 10.3. The van der Waals surface area contributed by atoms with Gasteiger partial charge in [-0.2, -0.15) is 0 Å². The highest BCUT2D eigenvalue weighted by atomic mass is 31.0. The first-order chi connectivity index (χ1) is 17.9. The normalized spacial score (nSPS) is 17.4. The van der Waals surface area contributed by atoms with Crippen LogP contribution in [0.1, 0.15) is 43.0 Å². The summed E-state index contributed by atoms with van der Waals surface area (Å²) in [7, 11) is 6.55. The van der Waals surface area contributed by atoms with Crippen LogP contribution in [0.2, 0.25) is 0 Å². The van der Waals surface area contributed by atoms with E-state index in [9.17, 15) is 0 Å². The van der Waals surface area contributed by atoms with Gasteiger partial charge in [0.2, 0.25) is 0 Å². The van der Waals surface area contributed by atoms with E-state index < -0.39 is 10.3 Å². The molecule has 0 fully saturated rings. The molecule has 0 bridgehead atoms. The molecule has 5 rings (SSSR count). The number of rotatable bonds is 8. The van der Waals surface area contributed by atoms with Crippen molar-refractivity contribution in [3.63, 3.8) is 0 Å². The van der Waals surface area contributed by atoms with Crippen LogP contribution in [0.3, 0.4) is 0 Å². The molecular weight excluding hydrogens is 486 g/mol. The Morgan fingerprint density at radius 1 is 0.595 bits per heavy atom. The number of hydrogen-bond acceptors (Lipinski definition) is 1. The van der Waals surface area contributed by atoms with E-state index >= 15 is 0 Å². The standard InChI is InChI=1S/C34H36OP2/c1-4-35-31-29(33(36,25-17-9-5-10-18-25)26-19-11-6-12-20-26)30(32(31,2)3)34(37,27-21-13-7-14-22-27)28-23-15-8-16-24-28/h5-24,31H,4,36-37H2,1-3H3. The SMILES string of the molecule is CCOC1C(C(P)(c2ccccc2)c2ccccc2)=C(C(P)(c2ccccc2)c2ccccc2)C1(C)C. The molecule has 1 nitrogen and oxygen atoms in total. The molecule has 188 valence electrons. The second-order valence-corrected chi connectivity index (χ2v) is 12.2. The fourth-order valence-electron chi connectivity index (χ4n) is 6.21. The lowest BCUT2D eigenvalue weighted by molar-refractivity contribution is -0.0124. The molecule has 0 heterocycles. The zero-order valence-corrected chi connectivity index (χ0v) is 24.2. The van der Waals surface area contributed by atoms with Gasteiger partial charge < -0.3 is 4.74 Å². The summed E-state index contributed by atoms with van der Waals surface area (Å²) < 4.78 is 6.61. The van der Waals surface area contributed by atoms with E-state index in [1.165, 1.54) is 33.4 Å². The molecule has 0 N–H and O–H groups in total. The Bertz CT molecular complexity index is 1280. The fourth-order valence-corrected chi connectivity index (χ4v) is 7.81. The molecule has 3 heteroatoms. The van der Waals surface area contributed by atoms with Crippen LogP contribution >= 0.6 is 18.5 Å². The van der Waals surface area contributed by atoms with Crippen molar-refractivity contribution in [2.24, 2.45) is 5.41 Å². The summed E-state index contributed by atoms with van der Waals surface area (Å²) in [4.78, 5) is 0. The third kappa shape index (κ3) is 4.23. The summed E-state index contributed by atoms with van der Waals surface area (Å²) in [5.74, 6) is 0. The van der Waals surface area contributed by atoms with Crippen molar-refractivity contribution in [2.45, 2.75) is 37.2 Å². The summed E-state index contributed by atoms with van der Waals surface area (Å²) >= 11 is 0. The predicted octanol–water partition coefficient (Wildman–Crippen LogP) is 8.37. The maximum atomic E-state index is 6.61. The molecule has 0 saturated heterocycles. The highest BCUT2D eigenvalue weighted by molar-refractivity contribution is 7.20. The predicted molar refractivity (Wildman–Crippen MR) is 163 cm³/mol. The minimum absolute atomic E-state index is 0.0299. The van der Waals surface area contributed by atoms with Crippen LogP contribution in [-0.4, -0.2) is 12.7 Å². The Kier molecular flexibility index (Phi) is 7.26. The first-order valence-corrected chi connectivity index (χ1v) is 14.2. The molecule has 37 heavy (non-hydrogen) atoms. The van der Waals surface area contributed by atoms with Crippen molar-refractivity contribution < 1.29 is 4.74 Å². The van der Waals surface area contributed by atoms with Gasteiger partial charge in [0.1, 0.15) is 0 Å². The lowest BCUT2D eigenvalue weighted by atomic mass is 9.53. The minimum Gasteiger partial charge on any atom is -0.373 e. The van der Waals surface area contributed by atoms with Gasteiger partial charge in [0.05, 0.1) is 16.4 Å². The molecular formula is C34H36OP2. The van der Waals surface area contributed by atoms with Crippen LogP contribution in [0.15, 0.2) is 132 Å². The molecule has 0 amide bonds. The Morgan fingerprint density at radius 3 is 1.24 bits per heavy atom. The summed E-state index contributed by atoms with van der Waals surface area (Å²) in [5.41, 5.74) is 7.53. The van der Waals surface area contributed by atoms with Gasteiger partial charge in [-0.05, 0) is 40.3 Å². The molecule has 0 spiro atoms. The van der Waals surface area contributed by atoms with Crippen LogP contribution in [0.25, 0.3) is 0 Å². The maximum absolute atomic E-state index is 6.61. The van der Waals surface area contributed by atoms with Crippen molar-refractivity contribution in [1.29, 1.82) is 0 Å². The molecule has 0 aromatic heterocycles.